The highest BCUT2D eigenvalue weighted by atomic mass is 32.1. The van der Waals surface area contributed by atoms with Crippen LogP contribution in [0.2, 0.25) is 0 Å². The predicted molar refractivity (Wildman–Crippen MR) is 213 cm³/mol. The van der Waals surface area contributed by atoms with Crippen molar-refractivity contribution in [3.8, 4) is 56.4 Å². The summed E-state index contributed by atoms with van der Waals surface area (Å²) in [6.45, 7) is 0. The van der Waals surface area contributed by atoms with Crippen molar-refractivity contribution < 1.29 is 0 Å². The monoisotopic (exact) mass is 673 g/mol. The third-order valence-corrected chi connectivity index (χ3v) is 11.7. The summed E-state index contributed by atoms with van der Waals surface area (Å²) in [6.07, 6.45) is 0. The van der Waals surface area contributed by atoms with E-state index < -0.39 is 0 Å². The lowest BCUT2D eigenvalue weighted by molar-refractivity contribution is 1.08. The normalized spacial score (nSPS) is 11.6. The number of nitrogens with zero attached hydrogens (tertiary/aromatic N) is 3. The van der Waals surface area contributed by atoms with Crippen molar-refractivity contribution >= 4 is 63.0 Å². The van der Waals surface area contributed by atoms with E-state index in [0.717, 1.165) is 33.4 Å². The van der Waals surface area contributed by atoms with E-state index in [2.05, 4.69) is 164 Å². The topological polar surface area (TPSA) is 38.7 Å². The molecule has 0 aliphatic rings. The van der Waals surface area contributed by atoms with E-state index in [1.54, 1.807) is 22.7 Å². The van der Waals surface area contributed by atoms with Gasteiger partial charge in [-0.25, -0.2) is 15.0 Å². The fraction of sp³-hybridized carbons (Fsp3) is 0. The highest BCUT2D eigenvalue weighted by molar-refractivity contribution is 7.26. The summed E-state index contributed by atoms with van der Waals surface area (Å²) in [6, 6.07) is 57.9. The molecule has 0 bridgehead atoms. The van der Waals surface area contributed by atoms with Crippen molar-refractivity contribution in [2.45, 2.75) is 0 Å². The number of hydrogen-bond donors (Lipinski definition) is 0. The molecular formula is C45H27N3S2. The Morgan fingerprint density at radius 3 is 1.66 bits per heavy atom. The molecule has 0 saturated heterocycles. The van der Waals surface area contributed by atoms with Gasteiger partial charge in [-0.3, -0.25) is 0 Å². The number of rotatable bonds is 5. The fourth-order valence-corrected chi connectivity index (χ4v) is 9.30. The van der Waals surface area contributed by atoms with Gasteiger partial charge in [-0.15, -0.1) is 22.7 Å². The summed E-state index contributed by atoms with van der Waals surface area (Å²) in [4.78, 5) is 15.8. The summed E-state index contributed by atoms with van der Waals surface area (Å²) in [5.74, 6) is 1.98. The summed E-state index contributed by atoms with van der Waals surface area (Å²) in [5.41, 5.74) is 7.46. The Morgan fingerprint density at radius 2 is 0.880 bits per heavy atom. The summed E-state index contributed by atoms with van der Waals surface area (Å²) in [5, 5.41) is 5.00. The molecule has 0 atom stereocenters. The molecule has 0 aliphatic heterocycles. The smallest absolute Gasteiger partial charge is 0.165 e. The minimum absolute atomic E-state index is 0.651. The van der Waals surface area contributed by atoms with Crippen molar-refractivity contribution in [1.29, 1.82) is 0 Å². The Balaban J connectivity index is 1.23. The Kier molecular flexibility index (Phi) is 6.86. The molecule has 5 heteroatoms. The Bertz CT molecular complexity index is 2870. The van der Waals surface area contributed by atoms with E-state index in [1.807, 2.05) is 0 Å². The maximum absolute atomic E-state index is 5.29. The molecule has 234 valence electrons. The van der Waals surface area contributed by atoms with Crippen LogP contribution in [0, 0.1) is 0 Å². The van der Waals surface area contributed by atoms with Gasteiger partial charge in [0, 0.05) is 57.0 Å². The second kappa shape index (κ2) is 11.8. The second-order valence-electron chi connectivity index (χ2n) is 12.4. The summed E-state index contributed by atoms with van der Waals surface area (Å²) < 4.78 is 4.93. The van der Waals surface area contributed by atoms with Gasteiger partial charge in [-0.1, -0.05) is 127 Å². The third kappa shape index (κ3) is 4.90. The summed E-state index contributed by atoms with van der Waals surface area (Å²) in [7, 11) is 0. The van der Waals surface area contributed by atoms with Crippen LogP contribution < -0.4 is 0 Å². The molecule has 0 unspecified atom stereocenters. The quantitative estimate of drug-likeness (QED) is 0.182. The number of fused-ring (bicyclic) bond motifs is 6. The molecule has 10 aromatic rings. The van der Waals surface area contributed by atoms with Gasteiger partial charge >= 0.3 is 0 Å². The van der Waals surface area contributed by atoms with Crippen LogP contribution in [0.15, 0.2) is 164 Å². The van der Waals surface area contributed by atoms with E-state index in [-0.39, 0.29) is 0 Å². The molecule has 0 spiro atoms. The Labute approximate surface area is 296 Å². The van der Waals surface area contributed by atoms with Gasteiger partial charge < -0.3 is 0 Å². The lowest BCUT2D eigenvalue weighted by atomic mass is 9.94. The standard InChI is InChI=1S/C45H27N3S2/c1-3-12-28(13-4-1)30-22-25-36(38(26-30)29-14-5-2-6-15-29)44-46-43(31-23-24-34-32-16-7-9-20-39(32)49-41(34)27-31)47-45(48-44)37-19-11-18-35-33-17-8-10-21-40(33)50-42(35)37/h1-27H. The van der Waals surface area contributed by atoms with Gasteiger partial charge in [0.15, 0.2) is 17.5 Å². The molecule has 0 amide bonds. The highest BCUT2D eigenvalue weighted by Crippen LogP contribution is 2.41. The molecule has 0 fully saturated rings. The molecular weight excluding hydrogens is 647 g/mol. The molecule has 0 radical (unpaired) electrons. The van der Waals surface area contributed by atoms with E-state index in [4.69, 9.17) is 15.0 Å². The summed E-state index contributed by atoms with van der Waals surface area (Å²) >= 11 is 3.60. The van der Waals surface area contributed by atoms with Crippen LogP contribution in [-0.4, -0.2) is 15.0 Å². The number of thiophene rings is 2. The van der Waals surface area contributed by atoms with Gasteiger partial charge in [0.1, 0.15) is 0 Å². The molecule has 0 saturated carbocycles. The van der Waals surface area contributed by atoms with E-state index in [9.17, 15) is 0 Å². The average molecular weight is 674 g/mol. The zero-order valence-electron chi connectivity index (χ0n) is 26.7. The third-order valence-electron chi connectivity index (χ3n) is 9.37. The maximum Gasteiger partial charge on any atom is 0.165 e. The minimum Gasteiger partial charge on any atom is -0.208 e. The van der Waals surface area contributed by atoms with Crippen molar-refractivity contribution in [3.63, 3.8) is 0 Å². The van der Waals surface area contributed by atoms with Crippen molar-refractivity contribution in [3.05, 3.63) is 164 Å². The van der Waals surface area contributed by atoms with Crippen LogP contribution in [0.3, 0.4) is 0 Å². The highest BCUT2D eigenvalue weighted by Gasteiger charge is 2.19. The van der Waals surface area contributed by atoms with Crippen molar-refractivity contribution in [2.24, 2.45) is 0 Å². The van der Waals surface area contributed by atoms with Gasteiger partial charge in [-0.2, -0.15) is 0 Å². The zero-order valence-corrected chi connectivity index (χ0v) is 28.4. The van der Waals surface area contributed by atoms with Crippen LogP contribution in [0.4, 0.5) is 0 Å². The van der Waals surface area contributed by atoms with Crippen LogP contribution >= 0.6 is 22.7 Å². The van der Waals surface area contributed by atoms with Crippen LogP contribution in [0.1, 0.15) is 0 Å². The predicted octanol–water partition coefficient (Wildman–Crippen LogP) is 12.9. The molecule has 7 aromatic carbocycles. The lowest BCUT2D eigenvalue weighted by Gasteiger charge is -2.14. The van der Waals surface area contributed by atoms with Crippen molar-refractivity contribution in [1.82, 2.24) is 15.0 Å². The zero-order chi connectivity index (χ0) is 33.0. The van der Waals surface area contributed by atoms with Gasteiger partial charge in [0.25, 0.3) is 0 Å². The number of aromatic nitrogens is 3. The lowest BCUT2D eigenvalue weighted by Crippen LogP contribution is -2.01. The number of hydrogen-bond acceptors (Lipinski definition) is 5. The molecule has 0 N–H and O–H groups in total. The Hall–Kier alpha value is -6.01. The van der Waals surface area contributed by atoms with E-state index >= 15 is 0 Å². The first-order valence-electron chi connectivity index (χ1n) is 16.6. The van der Waals surface area contributed by atoms with Crippen LogP contribution in [-0.2, 0) is 0 Å². The Morgan fingerprint density at radius 1 is 0.300 bits per heavy atom. The molecule has 10 rings (SSSR count). The maximum atomic E-state index is 5.29. The van der Waals surface area contributed by atoms with Gasteiger partial charge in [-0.05, 0) is 58.7 Å². The first-order valence-corrected chi connectivity index (χ1v) is 18.2. The molecule has 3 nitrogen and oxygen atoms in total. The SMILES string of the molecule is c1ccc(-c2ccc(-c3nc(-c4ccc5c(c4)sc4ccccc45)nc(-c4cccc5c4sc4ccccc45)n3)c(-c3ccccc3)c2)cc1. The van der Waals surface area contributed by atoms with E-state index in [0.29, 0.717) is 17.5 Å². The van der Waals surface area contributed by atoms with Crippen LogP contribution in [0.5, 0.6) is 0 Å². The van der Waals surface area contributed by atoms with Crippen LogP contribution in [0.25, 0.3) is 96.8 Å². The first kappa shape index (κ1) is 29.0. The van der Waals surface area contributed by atoms with Gasteiger partial charge in [0.05, 0.1) is 0 Å². The molecule has 0 aliphatic carbocycles. The average Bonchev–Trinajstić information content (AvgIpc) is 3.76. The van der Waals surface area contributed by atoms with E-state index in [1.165, 1.54) is 45.9 Å². The minimum atomic E-state index is 0.651. The molecule has 3 aromatic heterocycles. The second-order valence-corrected chi connectivity index (χ2v) is 14.5. The molecule has 3 heterocycles. The van der Waals surface area contributed by atoms with Gasteiger partial charge in [0.2, 0.25) is 0 Å². The first-order chi connectivity index (χ1) is 24.8. The fourth-order valence-electron chi connectivity index (χ4n) is 6.94. The largest absolute Gasteiger partial charge is 0.208 e. The number of benzene rings is 7. The molecule has 50 heavy (non-hydrogen) atoms. The van der Waals surface area contributed by atoms with Crippen molar-refractivity contribution in [2.75, 3.05) is 0 Å².